The molecule has 7 nitrogen and oxygen atoms in total. The first-order valence-corrected chi connectivity index (χ1v) is 6.16. The minimum absolute atomic E-state index is 0.00376. The summed E-state index contributed by atoms with van der Waals surface area (Å²) in [5, 5.41) is 16.1. The molecule has 0 aromatic carbocycles. The van der Waals surface area contributed by atoms with E-state index in [-0.39, 0.29) is 16.4 Å². The Labute approximate surface area is 120 Å². The number of rotatable bonds is 6. The third-order valence-corrected chi connectivity index (χ3v) is 2.92. The SMILES string of the molecule is COCCn1cc(Nc2nccc(C(=O)O)c2Cl)cn1. The lowest BCUT2D eigenvalue weighted by atomic mass is 10.2. The molecule has 20 heavy (non-hydrogen) atoms. The summed E-state index contributed by atoms with van der Waals surface area (Å²) in [5.41, 5.74) is 0.661. The molecule has 0 atom stereocenters. The van der Waals surface area contributed by atoms with Gasteiger partial charge in [0, 0.05) is 19.5 Å². The number of pyridine rings is 1. The number of carbonyl (C=O) groups is 1. The number of ether oxygens (including phenoxy) is 1. The van der Waals surface area contributed by atoms with Crippen molar-refractivity contribution in [3.05, 3.63) is 35.2 Å². The normalized spacial score (nSPS) is 10.5. The zero-order chi connectivity index (χ0) is 14.5. The van der Waals surface area contributed by atoms with Gasteiger partial charge in [0.05, 0.1) is 35.6 Å². The predicted octanol–water partition coefficient (Wildman–Crippen LogP) is 2.02. The van der Waals surface area contributed by atoms with Crippen LogP contribution in [0.1, 0.15) is 10.4 Å². The van der Waals surface area contributed by atoms with Crippen LogP contribution in [-0.4, -0.2) is 39.6 Å². The van der Waals surface area contributed by atoms with Crippen LogP contribution in [0, 0.1) is 0 Å². The van der Waals surface area contributed by atoms with Gasteiger partial charge in [-0.15, -0.1) is 0 Å². The molecule has 0 aliphatic carbocycles. The van der Waals surface area contributed by atoms with E-state index in [4.69, 9.17) is 21.4 Å². The first-order chi connectivity index (χ1) is 9.61. The van der Waals surface area contributed by atoms with E-state index in [2.05, 4.69) is 15.4 Å². The third-order valence-electron chi connectivity index (χ3n) is 2.54. The largest absolute Gasteiger partial charge is 0.478 e. The minimum atomic E-state index is -1.10. The number of aromatic nitrogens is 3. The summed E-state index contributed by atoms with van der Waals surface area (Å²) in [5.74, 6) is -0.825. The van der Waals surface area contributed by atoms with E-state index < -0.39 is 5.97 Å². The number of aromatic carboxylic acids is 1. The Balaban J connectivity index is 2.16. The fourth-order valence-electron chi connectivity index (χ4n) is 1.57. The van der Waals surface area contributed by atoms with Crippen LogP contribution in [0.2, 0.25) is 5.02 Å². The molecule has 2 aromatic heterocycles. The van der Waals surface area contributed by atoms with E-state index in [1.165, 1.54) is 12.3 Å². The van der Waals surface area contributed by atoms with Crippen LogP contribution in [0.4, 0.5) is 11.5 Å². The zero-order valence-electron chi connectivity index (χ0n) is 10.7. The van der Waals surface area contributed by atoms with Crippen molar-refractivity contribution in [2.45, 2.75) is 6.54 Å². The van der Waals surface area contributed by atoms with Gasteiger partial charge >= 0.3 is 5.97 Å². The maximum Gasteiger partial charge on any atom is 0.337 e. The third kappa shape index (κ3) is 3.25. The molecule has 8 heteroatoms. The molecule has 2 heterocycles. The first-order valence-electron chi connectivity index (χ1n) is 5.78. The number of nitrogens with one attached hydrogen (secondary N) is 1. The standard InChI is InChI=1S/C12H13ClN4O3/c1-20-5-4-17-7-8(6-15-17)16-11-10(13)9(12(18)19)2-3-14-11/h2-3,6-7H,4-5H2,1H3,(H,14,16)(H,18,19). The second-order valence-corrected chi connectivity index (χ2v) is 4.31. The number of halogens is 1. The number of hydrogen-bond donors (Lipinski definition) is 2. The first kappa shape index (κ1) is 14.3. The van der Waals surface area contributed by atoms with Crippen molar-refractivity contribution in [2.75, 3.05) is 19.0 Å². The summed E-state index contributed by atoms with van der Waals surface area (Å²) in [6, 6.07) is 1.35. The zero-order valence-corrected chi connectivity index (χ0v) is 11.5. The maximum absolute atomic E-state index is 11.0. The van der Waals surface area contributed by atoms with Crippen molar-refractivity contribution in [3.63, 3.8) is 0 Å². The summed E-state index contributed by atoms with van der Waals surface area (Å²) >= 11 is 5.99. The number of hydrogen-bond acceptors (Lipinski definition) is 5. The summed E-state index contributed by atoms with van der Waals surface area (Å²) < 4.78 is 6.65. The van der Waals surface area contributed by atoms with E-state index in [0.717, 1.165) is 0 Å². The Hall–Kier alpha value is -2.12. The molecule has 2 N–H and O–H groups in total. The fourth-order valence-corrected chi connectivity index (χ4v) is 1.81. The highest BCUT2D eigenvalue weighted by atomic mass is 35.5. The van der Waals surface area contributed by atoms with Crippen LogP contribution in [0.25, 0.3) is 0 Å². The Morgan fingerprint density at radius 3 is 3.10 bits per heavy atom. The predicted molar refractivity (Wildman–Crippen MR) is 73.6 cm³/mol. The van der Waals surface area contributed by atoms with Gasteiger partial charge in [0.25, 0.3) is 0 Å². The maximum atomic E-state index is 11.0. The van der Waals surface area contributed by atoms with Crippen LogP contribution in [0.15, 0.2) is 24.7 Å². The second kappa shape index (κ2) is 6.36. The van der Waals surface area contributed by atoms with Gasteiger partial charge in [0.1, 0.15) is 5.82 Å². The highest BCUT2D eigenvalue weighted by Gasteiger charge is 2.13. The van der Waals surface area contributed by atoms with E-state index >= 15 is 0 Å². The van der Waals surface area contributed by atoms with Crippen molar-refractivity contribution < 1.29 is 14.6 Å². The summed E-state index contributed by atoms with van der Waals surface area (Å²) in [6.07, 6.45) is 4.73. The fraction of sp³-hybridized carbons (Fsp3) is 0.250. The van der Waals surface area contributed by atoms with Gasteiger partial charge in [0.2, 0.25) is 0 Å². The van der Waals surface area contributed by atoms with Crippen molar-refractivity contribution in [3.8, 4) is 0 Å². The van der Waals surface area contributed by atoms with Gasteiger partial charge in [-0.25, -0.2) is 9.78 Å². The lowest BCUT2D eigenvalue weighted by molar-refractivity contribution is 0.0697. The molecule has 0 saturated heterocycles. The molecule has 0 amide bonds. The van der Waals surface area contributed by atoms with Crippen molar-refractivity contribution in [1.82, 2.24) is 14.8 Å². The van der Waals surface area contributed by atoms with Crippen molar-refractivity contribution in [1.29, 1.82) is 0 Å². The minimum Gasteiger partial charge on any atom is -0.478 e. The Morgan fingerprint density at radius 2 is 2.40 bits per heavy atom. The van der Waals surface area contributed by atoms with Crippen molar-refractivity contribution >= 4 is 29.1 Å². The average molecular weight is 297 g/mol. The smallest absolute Gasteiger partial charge is 0.337 e. The van der Waals surface area contributed by atoms with E-state index in [1.54, 1.807) is 24.2 Å². The monoisotopic (exact) mass is 296 g/mol. The lowest BCUT2D eigenvalue weighted by Gasteiger charge is -2.06. The van der Waals surface area contributed by atoms with Gasteiger partial charge in [0.15, 0.2) is 0 Å². The van der Waals surface area contributed by atoms with Crippen LogP contribution in [0.3, 0.4) is 0 Å². The number of nitrogens with zero attached hydrogens (tertiary/aromatic N) is 3. The Kier molecular flexibility index (Phi) is 4.54. The van der Waals surface area contributed by atoms with Crippen molar-refractivity contribution in [2.24, 2.45) is 0 Å². The number of carboxylic acid groups (broad SMARTS) is 1. The number of anilines is 2. The van der Waals surface area contributed by atoms with Gasteiger partial charge in [-0.1, -0.05) is 11.6 Å². The van der Waals surface area contributed by atoms with Gasteiger partial charge in [-0.05, 0) is 6.07 Å². The summed E-state index contributed by atoms with van der Waals surface area (Å²) in [6.45, 7) is 1.17. The van der Waals surface area contributed by atoms with E-state index in [0.29, 0.717) is 18.8 Å². The van der Waals surface area contributed by atoms with Crippen LogP contribution in [0.5, 0.6) is 0 Å². The molecule has 0 fully saturated rings. The molecule has 0 saturated carbocycles. The molecule has 0 aliphatic rings. The highest BCUT2D eigenvalue weighted by Crippen LogP contribution is 2.26. The molecule has 0 spiro atoms. The van der Waals surface area contributed by atoms with E-state index in [9.17, 15) is 4.79 Å². The number of carboxylic acids is 1. The van der Waals surface area contributed by atoms with Crippen LogP contribution in [-0.2, 0) is 11.3 Å². The van der Waals surface area contributed by atoms with Gasteiger partial charge in [-0.3, -0.25) is 4.68 Å². The second-order valence-electron chi connectivity index (χ2n) is 3.94. The number of methoxy groups -OCH3 is 1. The summed E-state index contributed by atoms with van der Waals surface area (Å²) in [7, 11) is 1.61. The highest BCUT2D eigenvalue weighted by molar-refractivity contribution is 6.35. The van der Waals surface area contributed by atoms with Crippen LogP contribution >= 0.6 is 11.6 Å². The lowest BCUT2D eigenvalue weighted by Crippen LogP contribution is -2.04. The quantitative estimate of drug-likeness (QED) is 0.847. The van der Waals surface area contributed by atoms with Gasteiger partial charge < -0.3 is 15.2 Å². The van der Waals surface area contributed by atoms with E-state index in [1.807, 2.05) is 0 Å². The topological polar surface area (TPSA) is 89.3 Å². The molecular formula is C12H13ClN4O3. The van der Waals surface area contributed by atoms with Gasteiger partial charge in [-0.2, -0.15) is 5.10 Å². The molecule has 0 radical (unpaired) electrons. The van der Waals surface area contributed by atoms with Crippen LogP contribution < -0.4 is 5.32 Å². The molecule has 2 aromatic rings. The average Bonchev–Trinajstić information content (AvgIpc) is 2.86. The Morgan fingerprint density at radius 1 is 1.60 bits per heavy atom. The Bertz CT molecular complexity index is 614. The molecular weight excluding hydrogens is 284 g/mol. The molecule has 0 aliphatic heterocycles. The summed E-state index contributed by atoms with van der Waals surface area (Å²) in [4.78, 5) is 15.0. The molecule has 0 bridgehead atoms. The molecule has 2 rings (SSSR count). The molecule has 0 unspecified atom stereocenters. The molecule has 106 valence electrons.